The van der Waals surface area contributed by atoms with Crippen molar-refractivity contribution in [3.8, 4) is 0 Å². The van der Waals surface area contributed by atoms with Gasteiger partial charge in [0.15, 0.2) is 6.10 Å². The number of benzene rings is 2. The molecule has 0 radical (unpaired) electrons. The average molecular weight is 374 g/mol. The van der Waals surface area contributed by atoms with Gasteiger partial charge >= 0.3 is 5.97 Å². The van der Waals surface area contributed by atoms with Crippen LogP contribution in [0.1, 0.15) is 17.3 Å². The summed E-state index contributed by atoms with van der Waals surface area (Å²) >= 11 is 11.7. The van der Waals surface area contributed by atoms with E-state index in [2.05, 4.69) is 5.32 Å². The molecule has 1 N–H and O–H groups in total. The third-order valence-electron chi connectivity index (χ3n) is 3.01. The van der Waals surface area contributed by atoms with Gasteiger partial charge in [-0.25, -0.2) is 13.6 Å². The standard InChI is InChI=1S/C16H11Cl2F2NO3/c1-8(15(22)21-13-7-9(17)5-6-10(13)18)24-16(23)14-11(19)3-2-4-12(14)20/h2-8H,1H3,(H,21,22). The van der Waals surface area contributed by atoms with Gasteiger partial charge in [0.25, 0.3) is 5.91 Å². The number of hydrogen-bond acceptors (Lipinski definition) is 3. The van der Waals surface area contributed by atoms with Crippen LogP contribution in [-0.2, 0) is 9.53 Å². The van der Waals surface area contributed by atoms with E-state index in [4.69, 9.17) is 27.9 Å². The van der Waals surface area contributed by atoms with E-state index in [1.165, 1.54) is 25.1 Å². The van der Waals surface area contributed by atoms with Crippen molar-refractivity contribution in [2.24, 2.45) is 0 Å². The van der Waals surface area contributed by atoms with Gasteiger partial charge in [0.05, 0.1) is 10.7 Å². The summed E-state index contributed by atoms with van der Waals surface area (Å²) in [7, 11) is 0. The predicted molar refractivity (Wildman–Crippen MR) is 86.3 cm³/mol. The lowest BCUT2D eigenvalue weighted by molar-refractivity contribution is -0.123. The maximum Gasteiger partial charge on any atom is 0.344 e. The molecule has 4 nitrogen and oxygen atoms in total. The molecule has 24 heavy (non-hydrogen) atoms. The Morgan fingerprint density at radius 3 is 2.38 bits per heavy atom. The third kappa shape index (κ3) is 4.21. The number of carbonyl (C=O) groups excluding carboxylic acids is 2. The second kappa shape index (κ2) is 7.59. The minimum absolute atomic E-state index is 0.217. The first-order valence-electron chi connectivity index (χ1n) is 6.70. The van der Waals surface area contributed by atoms with Crippen molar-refractivity contribution >= 4 is 40.8 Å². The zero-order valence-corrected chi connectivity index (χ0v) is 13.8. The molecule has 126 valence electrons. The molecule has 0 aliphatic heterocycles. The quantitative estimate of drug-likeness (QED) is 0.805. The smallest absolute Gasteiger partial charge is 0.344 e. The first-order chi connectivity index (χ1) is 11.3. The molecule has 0 aromatic heterocycles. The highest BCUT2D eigenvalue weighted by molar-refractivity contribution is 6.35. The van der Waals surface area contributed by atoms with E-state index in [0.29, 0.717) is 5.02 Å². The molecule has 0 aliphatic rings. The molecule has 1 amide bonds. The van der Waals surface area contributed by atoms with Crippen LogP contribution in [0.2, 0.25) is 10.0 Å². The fourth-order valence-electron chi connectivity index (χ4n) is 1.79. The highest BCUT2D eigenvalue weighted by Gasteiger charge is 2.24. The van der Waals surface area contributed by atoms with Crippen molar-refractivity contribution in [1.29, 1.82) is 0 Å². The molecule has 2 rings (SSSR count). The lowest BCUT2D eigenvalue weighted by Crippen LogP contribution is -2.30. The van der Waals surface area contributed by atoms with Gasteiger partial charge in [-0.15, -0.1) is 0 Å². The zero-order valence-electron chi connectivity index (χ0n) is 12.3. The molecular weight excluding hydrogens is 363 g/mol. The lowest BCUT2D eigenvalue weighted by Gasteiger charge is -2.15. The van der Waals surface area contributed by atoms with E-state index < -0.39 is 35.2 Å². The van der Waals surface area contributed by atoms with Crippen LogP contribution in [0, 0.1) is 11.6 Å². The summed E-state index contributed by atoms with van der Waals surface area (Å²) in [6.07, 6.45) is -1.31. The monoisotopic (exact) mass is 373 g/mol. The molecule has 0 aliphatic carbocycles. The Bertz CT molecular complexity index is 779. The van der Waals surface area contributed by atoms with Crippen LogP contribution in [0.15, 0.2) is 36.4 Å². The predicted octanol–water partition coefficient (Wildman–Crippen LogP) is 4.46. The summed E-state index contributed by atoms with van der Waals surface area (Å²) in [5, 5.41) is 2.99. The van der Waals surface area contributed by atoms with Gasteiger partial charge in [0.2, 0.25) is 0 Å². The highest BCUT2D eigenvalue weighted by Crippen LogP contribution is 2.25. The number of carbonyl (C=O) groups is 2. The van der Waals surface area contributed by atoms with Crippen LogP contribution in [0.3, 0.4) is 0 Å². The van der Waals surface area contributed by atoms with Crippen molar-refractivity contribution in [3.05, 3.63) is 63.6 Å². The number of ether oxygens (including phenoxy) is 1. The normalized spacial score (nSPS) is 11.7. The van der Waals surface area contributed by atoms with Crippen LogP contribution in [-0.4, -0.2) is 18.0 Å². The van der Waals surface area contributed by atoms with Crippen LogP contribution < -0.4 is 5.32 Å². The molecule has 8 heteroatoms. The summed E-state index contributed by atoms with van der Waals surface area (Å²) in [6.45, 7) is 1.25. The average Bonchev–Trinajstić information content (AvgIpc) is 2.50. The Hall–Kier alpha value is -2.18. The van der Waals surface area contributed by atoms with Crippen molar-refractivity contribution in [2.45, 2.75) is 13.0 Å². The Kier molecular flexibility index (Phi) is 5.75. The molecule has 1 atom stereocenters. The van der Waals surface area contributed by atoms with Gasteiger partial charge < -0.3 is 10.1 Å². The van der Waals surface area contributed by atoms with E-state index in [1.54, 1.807) is 0 Å². The number of esters is 1. The summed E-state index contributed by atoms with van der Waals surface area (Å²) < 4.78 is 31.8. The minimum Gasteiger partial charge on any atom is -0.449 e. The number of hydrogen-bond donors (Lipinski definition) is 1. The van der Waals surface area contributed by atoms with Gasteiger partial charge in [-0.3, -0.25) is 4.79 Å². The van der Waals surface area contributed by atoms with Crippen molar-refractivity contribution in [1.82, 2.24) is 0 Å². The second-order valence-electron chi connectivity index (χ2n) is 4.76. The second-order valence-corrected chi connectivity index (χ2v) is 5.60. The lowest BCUT2D eigenvalue weighted by atomic mass is 10.2. The zero-order chi connectivity index (χ0) is 17.9. The highest BCUT2D eigenvalue weighted by atomic mass is 35.5. The minimum atomic E-state index is -1.31. The molecular formula is C16H11Cl2F2NO3. The van der Waals surface area contributed by atoms with Gasteiger partial charge in [-0.1, -0.05) is 29.3 Å². The van der Waals surface area contributed by atoms with Crippen LogP contribution in [0.4, 0.5) is 14.5 Å². The van der Waals surface area contributed by atoms with Crippen molar-refractivity contribution in [2.75, 3.05) is 5.32 Å². The van der Waals surface area contributed by atoms with Gasteiger partial charge in [0, 0.05) is 5.02 Å². The molecule has 0 spiro atoms. The molecule has 0 saturated heterocycles. The number of halogens is 4. The fourth-order valence-corrected chi connectivity index (χ4v) is 2.13. The maximum atomic E-state index is 13.5. The van der Waals surface area contributed by atoms with Crippen LogP contribution >= 0.6 is 23.2 Å². The first-order valence-corrected chi connectivity index (χ1v) is 7.46. The van der Waals surface area contributed by atoms with Crippen molar-refractivity contribution < 1.29 is 23.1 Å². The van der Waals surface area contributed by atoms with E-state index in [0.717, 1.165) is 18.2 Å². The number of nitrogens with one attached hydrogen (secondary N) is 1. The van der Waals surface area contributed by atoms with Crippen molar-refractivity contribution in [3.63, 3.8) is 0 Å². The molecule has 0 heterocycles. The third-order valence-corrected chi connectivity index (χ3v) is 3.57. The molecule has 0 saturated carbocycles. The van der Waals surface area contributed by atoms with Crippen LogP contribution in [0.5, 0.6) is 0 Å². The van der Waals surface area contributed by atoms with Gasteiger partial charge in [-0.05, 0) is 37.3 Å². The Morgan fingerprint density at radius 1 is 1.12 bits per heavy atom. The summed E-state index contributed by atoms with van der Waals surface area (Å²) in [5.41, 5.74) is -0.646. The molecule has 1 unspecified atom stereocenters. The number of anilines is 1. The van der Waals surface area contributed by atoms with Gasteiger partial charge in [-0.2, -0.15) is 0 Å². The van der Waals surface area contributed by atoms with E-state index >= 15 is 0 Å². The Morgan fingerprint density at radius 2 is 1.75 bits per heavy atom. The van der Waals surface area contributed by atoms with E-state index in [1.807, 2.05) is 0 Å². The first kappa shape index (κ1) is 18.2. The largest absolute Gasteiger partial charge is 0.449 e. The van der Waals surface area contributed by atoms with Gasteiger partial charge in [0.1, 0.15) is 17.2 Å². The Balaban J connectivity index is 2.09. The SMILES string of the molecule is CC(OC(=O)c1c(F)cccc1F)C(=O)Nc1cc(Cl)ccc1Cl. The molecule has 2 aromatic carbocycles. The van der Waals surface area contributed by atoms with E-state index in [-0.39, 0.29) is 10.7 Å². The number of rotatable bonds is 4. The molecule has 0 fully saturated rings. The summed E-state index contributed by atoms with van der Waals surface area (Å²) in [5.74, 6) is -4.18. The van der Waals surface area contributed by atoms with E-state index in [9.17, 15) is 18.4 Å². The fraction of sp³-hybridized carbons (Fsp3) is 0.125. The summed E-state index contributed by atoms with van der Waals surface area (Å²) in [6, 6.07) is 7.35. The summed E-state index contributed by atoms with van der Waals surface area (Å²) in [4.78, 5) is 23.9. The molecule has 2 aromatic rings. The Labute approximate surface area is 146 Å². The van der Waals surface area contributed by atoms with Crippen LogP contribution in [0.25, 0.3) is 0 Å². The number of amides is 1. The maximum absolute atomic E-state index is 13.5. The topological polar surface area (TPSA) is 55.4 Å². The molecule has 0 bridgehead atoms.